The van der Waals surface area contributed by atoms with Crippen molar-refractivity contribution in [1.82, 2.24) is 14.9 Å². The number of nitrogens with zero attached hydrogens (tertiary/aromatic N) is 2. The van der Waals surface area contributed by atoms with Crippen LogP contribution in [0.1, 0.15) is 17.8 Å². The highest BCUT2D eigenvalue weighted by atomic mass is 16.5. The van der Waals surface area contributed by atoms with Gasteiger partial charge in [-0.25, -0.2) is 4.98 Å². The molecule has 1 aromatic rings. The van der Waals surface area contributed by atoms with E-state index in [1.54, 1.807) is 6.92 Å². The minimum atomic E-state index is -0.234. The molecular formula is C12H19N3O3. The fraction of sp³-hybridized carbons (Fsp3) is 0.667. The number of aromatic hydroxyl groups is 1. The number of hydrogen-bond acceptors (Lipinski definition) is 5. The summed E-state index contributed by atoms with van der Waals surface area (Å²) in [6.07, 6.45) is 1.38. The number of H-pyrrole nitrogens is 1. The van der Waals surface area contributed by atoms with Gasteiger partial charge in [0.25, 0.3) is 5.56 Å². The van der Waals surface area contributed by atoms with E-state index in [4.69, 9.17) is 4.74 Å². The molecule has 100 valence electrons. The molecule has 1 aliphatic rings. The number of ether oxygens (including phenoxy) is 1. The van der Waals surface area contributed by atoms with Gasteiger partial charge in [-0.05, 0) is 26.3 Å². The van der Waals surface area contributed by atoms with Crippen LogP contribution in [0.15, 0.2) is 4.79 Å². The summed E-state index contributed by atoms with van der Waals surface area (Å²) in [5.74, 6) is 0.299. The standard InChI is InChI=1S/C12H19N3O3/c1-9-13-11(16)10(12(17)14-9)3-2-4-15-5-7-18-8-6-15/h2-8H2,1H3,(H2,13,14,16,17). The second-order valence-corrected chi connectivity index (χ2v) is 4.51. The Balaban J connectivity index is 1.88. The first-order valence-electron chi connectivity index (χ1n) is 6.25. The number of aryl methyl sites for hydroxylation is 1. The molecule has 0 bridgehead atoms. The highest BCUT2D eigenvalue weighted by Crippen LogP contribution is 2.11. The molecule has 0 aliphatic carbocycles. The number of nitrogens with one attached hydrogen (secondary N) is 1. The Hall–Kier alpha value is -1.40. The molecule has 0 unspecified atom stereocenters. The maximum atomic E-state index is 11.7. The van der Waals surface area contributed by atoms with Crippen molar-refractivity contribution in [3.63, 3.8) is 0 Å². The molecule has 6 nitrogen and oxygen atoms in total. The third-order valence-electron chi connectivity index (χ3n) is 3.12. The van der Waals surface area contributed by atoms with Crippen molar-refractivity contribution >= 4 is 0 Å². The number of rotatable bonds is 4. The largest absolute Gasteiger partial charge is 0.493 e. The molecule has 0 aromatic carbocycles. The highest BCUT2D eigenvalue weighted by molar-refractivity contribution is 5.22. The first-order valence-corrected chi connectivity index (χ1v) is 6.25. The molecular weight excluding hydrogens is 234 g/mol. The Labute approximate surface area is 106 Å². The molecule has 2 heterocycles. The fourth-order valence-electron chi connectivity index (χ4n) is 2.13. The van der Waals surface area contributed by atoms with E-state index in [-0.39, 0.29) is 11.4 Å². The predicted molar refractivity (Wildman–Crippen MR) is 66.8 cm³/mol. The van der Waals surface area contributed by atoms with Crippen molar-refractivity contribution in [2.75, 3.05) is 32.8 Å². The second kappa shape index (κ2) is 5.97. The SMILES string of the molecule is Cc1nc(O)c(CCCN2CCOCC2)c(=O)[nH]1. The summed E-state index contributed by atoms with van der Waals surface area (Å²) in [7, 11) is 0. The van der Waals surface area contributed by atoms with E-state index in [1.165, 1.54) is 0 Å². The molecule has 0 amide bonds. The molecule has 1 aromatic heterocycles. The normalized spacial score (nSPS) is 16.9. The third kappa shape index (κ3) is 3.30. The first kappa shape index (κ1) is 13.0. The van der Waals surface area contributed by atoms with Gasteiger partial charge in [-0.1, -0.05) is 0 Å². The third-order valence-corrected chi connectivity index (χ3v) is 3.12. The number of hydrogen-bond donors (Lipinski definition) is 2. The minimum Gasteiger partial charge on any atom is -0.493 e. The molecule has 18 heavy (non-hydrogen) atoms. The Kier molecular flexibility index (Phi) is 4.33. The lowest BCUT2D eigenvalue weighted by molar-refractivity contribution is 0.0374. The summed E-state index contributed by atoms with van der Waals surface area (Å²) in [4.78, 5) is 20.4. The quantitative estimate of drug-likeness (QED) is 0.792. The van der Waals surface area contributed by atoms with E-state index in [2.05, 4.69) is 14.9 Å². The van der Waals surface area contributed by atoms with E-state index in [9.17, 15) is 9.90 Å². The minimum absolute atomic E-state index is 0.141. The van der Waals surface area contributed by atoms with Crippen molar-refractivity contribution in [1.29, 1.82) is 0 Å². The first-order chi connectivity index (χ1) is 8.66. The molecule has 0 radical (unpaired) electrons. The lowest BCUT2D eigenvalue weighted by Crippen LogP contribution is -2.37. The maximum Gasteiger partial charge on any atom is 0.257 e. The van der Waals surface area contributed by atoms with Gasteiger partial charge in [0, 0.05) is 13.1 Å². The Morgan fingerprint density at radius 1 is 1.44 bits per heavy atom. The summed E-state index contributed by atoms with van der Waals surface area (Å²) >= 11 is 0. The molecule has 0 spiro atoms. The smallest absolute Gasteiger partial charge is 0.257 e. The zero-order valence-electron chi connectivity index (χ0n) is 10.6. The Morgan fingerprint density at radius 3 is 2.83 bits per heavy atom. The molecule has 0 saturated carbocycles. The van der Waals surface area contributed by atoms with E-state index in [0.717, 1.165) is 39.3 Å². The molecule has 1 aliphatic heterocycles. The summed E-state index contributed by atoms with van der Waals surface area (Å²) in [5, 5.41) is 9.64. The molecule has 1 fully saturated rings. The van der Waals surface area contributed by atoms with Crippen molar-refractivity contribution in [3.05, 3.63) is 21.7 Å². The number of morpholine rings is 1. The second-order valence-electron chi connectivity index (χ2n) is 4.51. The van der Waals surface area contributed by atoms with E-state index < -0.39 is 0 Å². The summed E-state index contributed by atoms with van der Waals surface area (Å²) < 4.78 is 5.27. The van der Waals surface area contributed by atoms with Crippen LogP contribution in [0.5, 0.6) is 5.88 Å². The zero-order chi connectivity index (χ0) is 13.0. The zero-order valence-corrected chi connectivity index (χ0v) is 10.6. The number of aromatic amines is 1. The van der Waals surface area contributed by atoms with Gasteiger partial charge in [0.05, 0.1) is 18.8 Å². The van der Waals surface area contributed by atoms with Crippen molar-refractivity contribution in [2.24, 2.45) is 0 Å². The van der Waals surface area contributed by atoms with Gasteiger partial charge in [0.2, 0.25) is 5.88 Å². The van der Waals surface area contributed by atoms with Crippen molar-refractivity contribution < 1.29 is 9.84 Å². The van der Waals surface area contributed by atoms with Gasteiger partial charge >= 0.3 is 0 Å². The van der Waals surface area contributed by atoms with Crippen LogP contribution in [-0.2, 0) is 11.2 Å². The lowest BCUT2D eigenvalue weighted by Gasteiger charge is -2.26. The van der Waals surface area contributed by atoms with Crippen LogP contribution < -0.4 is 5.56 Å². The molecule has 0 atom stereocenters. The van der Waals surface area contributed by atoms with Gasteiger partial charge in [-0.2, -0.15) is 0 Å². The molecule has 2 rings (SSSR count). The van der Waals surface area contributed by atoms with Gasteiger partial charge in [0.1, 0.15) is 5.82 Å². The molecule has 6 heteroatoms. The van der Waals surface area contributed by atoms with Crippen LogP contribution in [0.2, 0.25) is 0 Å². The van der Waals surface area contributed by atoms with Crippen LogP contribution in [0, 0.1) is 6.92 Å². The van der Waals surface area contributed by atoms with E-state index in [1.807, 2.05) is 0 Å². The molecule has 1 saturated heterocycles. The van der Waals surface area contributed by atoms with Gasteiger partial charge in [-0.3, -0.25) is 9.69 Å². The maximum absolute atomic E-state index is 11.7. The van der Waals surface area contributed by atoms with Gasteiger partial charge in [0.15, 0.2) is 0 Å². The summed E-state index contributed by atoms with van der Waals surface area (Å²) in [6.45, 7) is 5.99. The van der Waals surface area contributed by atoms with E-state index >= 15 is 0 Å². The average Bonchev–Trinajstić information content (AvgIpc) is 2.34. The van der Waals surface area contributed by atoms with E-state index in [0.29, 0.717) is 17.8 Å². The van der Waals surface area contributed by atoms with Gasteiger partial charge < -0.3 is 14.8 Å². The Bertz CT molecular complexity index is 452. The lowest BCUT2D eigenvalue weighted by atomic mass is 10.1. The predicted octanol–water partition coefficient (Wildman–Crippen LogP) is 0.0487. The monoisotopic (exact) mass is 253 g/mol. The average molecular weight is 253 g/mol. The topological polar surface area (TPSA) is 78.5 Å². The van der Waals surface area contributed by atoms with Gasteiger partial charge in [-0.15, -0.1) is 0 Å². The number of aromatic nitrogens is 2. The van der Waals surface area contributed by atoms with Crippen LogP contribution in [0.3, 0.4) is 0 Å². The van der Waals surface area contributed by atoms with Crippen LogP contribution in [-0.4, -0.2) is 52.8 Å². The summed E-state index contributed by atoms with van der Waals surface area (Å²) in [5.41, 5.74) is 0.149. The molecule has 2 N–H and O–H groups in total. The Morgan fingerprint density at radius 2 is 2.17 bits per heavy atom. The van der Waals surface area contributed by atoms with Crippen LogP contribution in [0.4, 0.5) is 0 Å². The van der Waals surface area contributed by atoms with Crippen molar-refractivity contribution in [2.45, 2.75) is 19.8 Å². The van der Waals surface area contributed by atoms with Crippen molar-refractivity contribution in [3.8, 4) is 5.88 Å². The van der Waals surface area contributed by atoms with Crippen LogP contribution >= 0.6 is 0 Å². The summed E-state index contributed by atoms with van der Waals surface area (Å²) in [6, 6.07) is 0. The fourth-order valence-corrected chi connectivity index (χ4v) is 2.13. The highest BCUT2D eigenvalue weighted by Gasteiger charge is 2.12. The van der Waals surface area contributed by atoms with Crippen LogP contribution in [0.25, 0.3) is 0 Å².